The largest absolute Gasteiger partial charge is 0.478 e. The van der Waals surface area contributed by atoms with Gasteiger partial charge in [0.1, 0.15) is 17.9 Å². The van der Waals surface area contributed by atoms with Crippen molar-refractivity contribution in [3.8, 4) is 0 Å². The first-order chi connectivity index (χ1) is 9.58. The lowest BCUT2D eigenvalue weighted by Gasteiger charge is -2.14. The molecule has 1 N–H and O–H groups in total. The SMILES string of the molecule is Cc1nn(Cc2nnc3n2CCCC3)c(C)c1C(=O)O. The number of hydrogen-bond acceptors (Lipinski definition) is 4. The second kappa shape index (κ2) is 4.73. The number of carboxylic acids is 1. The van der Waals surface area contributed by atoms with Crippen molar-refractivity contribution in [1.82, 2.24) is 24.5 Å². The maximum atomic E-state index is 11.2. The van der Waals surface area contributed by atoms with Gasteiger partial charge in [-0.25, -0.2) is 4.79 Å². The van der Waals surface area contributed by atoms with Gasteiger partial charge in [-0.2, -0.15) is 5.10 Å². The van der Waals surface area contributed by atoms with Gasteiger partial charge in [0.25, 0.3) is 0 Å². The predicted molar refractivity (Wildman–Crippen MR) is 70.7 cm³/mol. The highest BCUT2D eigenvalue weighted by Crippen LogP contribution is 2.17. The predicted octanol–water partition coefficient (Wildman–Crippen LogP) is 1.17. The summed E-state index contributed by atoms with van der Waals surface area (Å²) in [6, 6.07) is 0. The number of fused-ring (bicyclic) bond motifs is 1. The lowest BCUT2D eigenvalue weighted by Crippen LogP contribution is -2.16. The van der Waals surface area contributed by atoms with Crippen molar-refractivity contribution in [3.63, 3.8) is 0 Å². The van der Waals surface area contributed by atoms with Crippen molar-refractivity contribution >= 4 is 5.97 Å². The zero-order chi connectivity index (χ0) is 14.3. The molecule has 0 atom stereocenters. The summed E-state index contributed by atoms with van der Waals surface area (Å²) in [5.74, 6) is 0.933. The average molecular weight is 275 g/mol. The van der Waals surface area contributed by atoms with E-state index >= 15 is 0 Å². The van der Waals surface area contributed by atoms with Crippen molar-refractivity contribution < 1.29 is 9.90 Å². The van der Waals surface area contributed by atoms with E-state index in [1.165, 1.54) is 0 Å². The molecule has 2 aromatic heterocycles. The molecule has 3 rings (SSSR count). The van der Waals surface area contributed by atoms with Crippen molar-refractivity contribution in [2.75, 3.05) is 0 Å². The quantitative estimate of drug-likeness (QED) is 0.908. The van der Waals surface area contributed by atoms with Gasteiger partial charge in [-0.3, -0.25) is 4.68 Å². The minimum Gasteiger partial charge on any atom is -0.478 e. The van der Waals surface area contributed by atoms with Gasteiger partial charge in [0.05, 0.1) is 11.4 Å². The Kier molecular flexibility index (Phi) is 3.04. The average Bonchev–Trinajstić information content (AvgIpc) is 2.93. The van der Waals surface area contributed by atoms with Crippen LogP contribution in [-0.4, -0.2) is 35.6 Å². The maximum Gasteiger partial charge on any atom is 0.339 e. The molecule has 0 unspecified atom stereocenters. The van der Waals surface area contributed by atoms with Crippen LogP contribution in [0.5, 0.6) is 0 Å². The molecule has 0 aromatic carbocycles. The summed E-state index contributed by atoms with van der Waals surface area (Å²) in [5.41, 5.74) is 1.47. The molecule has 7 heteroatoms. The molecule has 0 amide bonds. The molecular weight excluding hydrogens is 258 g/mol. The van der Waals surface area contributed by atoms with Crippen LogP contribution in [0, 0.1) is 13.8 Å². The third kappa shape index (κ3) is 1.99. The Hall–Kier alpha value is -2.18. The van der Waals surface area contributed by atoms with Crippen LogP contribution < -0.4 is 0 Å². The standard InChI is InChI=1S/C13H17N5O2/c1-8-12(13(19)20)9(2)18(16-8)7-11-15-14-10-5-3-4-6-17(10)11/h3-7H2,1-2H3,(H,19,20). The first-order valence-electron chi connectivity index (χ1n) is 6.76. The van der Waals surface area contributed by atoms with E-state index in [9.17, 15) is 9.90 Å². The Bertz CT molecular complexity index is 671. The summed E-state index contributed by atoms with van der Waals surface area (Å²) in [4.78, 5) is 11.2. The molecule has 0 saturated carbocycles. The van der Waals surface area contributed by atoms with Gasteiger partial charge in [-0.05, 0) is 26.7 Å². The van der Waals surface area contributed by atoms with Crippen molar-refractivity contribution in [3.05, 3.63) is 28.6 Å². The molecule has 7 nitrogen and oxygen atoms in total. The van der Waals surface area contributed by atoms with Crippen LogP contribution in [0.15, 0.2) is 0 Å². The van der Waals surface area contributed by atoms with Gasteiger partial charge in [0.2, 0.25) is 0 Å². The first-order valence-corrected chi connectivity index (χ1v) is 6.76. The van der Waals surface area contributed by atoms with Crippen LogP contribution in [0.4, 0.5) is 0 Å². The van der Waals surface area contributed by atoms with E-state index in [1.54, 1.807) is 18.5 Å². The fourth-order valence-electron chi connectivity index (χ4n) is 2.78. The first kappa shape index (κ1) is 12.8. The second-order valence-corrected chi connectivity index (χ2v) is 5.15. The Balaban J connectivity index is 1.94. The molecule has 20 heavy (non-hydrogen) atoms. The van der Waals surface area contributed by atoms with Crippen LogP contribution in [0.2, 0.25) is 0 Å². The molecule has 0 radical (unpaired) electrons. The number of rotatable bonds is 3. The number of aromatic carboxylic acids is 1. The van der Waals surface area contributed by atoms with E-state index in [2.05, 4.69) is 19.9 Å². The topological polar surface area (TPSA) is 85.8 Å². The van der Waals surface area contributed by atoms with E-state index < -0.39 is 5.97 Å². The number of aryl methyl sites for hydroxylation is 2. The van der Waals surface area contributed by atoms with Crippen molar-refractivity contribution in [2.24, 2.45) is 0 Å². The van der Waals surface area contributed by atoms with Gasteiger partial charge in [-0.1, -0.05) is 0 Å². The molecule has 1 aliphatic rings. The summed E-state index contributed by atoms with van der Waals surface area (Å²) >= 11 is 0. The zero-order valence-corrected chi connectivity index (χ0v) is 11.6. The molecule has 0 aliphatic carbocycles. The van der Waals surface area contributed by atoms with Crippen LogP contribution in [0.3, 0.4) is 0 Å². The fraction of sp³-hybridized carbons (Fsp3) is 0.538. The number of hydrogen-bond donors (Lipinski definition) is 1. The molecule has 3 heterocycles. The number of nitrogens with zero attached hydrogens (tertiary/aromatic N) is 5. The smallest absolute Gasteiger partial charge is 0.339 e. The van der Waals surface area contributed by atoms with Crippen LogP contribution >= 0.6 is 0 Å². The van der Waals surface area contributed by atoms with Crippen LogP contribution in [0.25, 0.3) is 0 Å². The zero-order valence-electron chi connectivity index (χ0n) is 11.6. The molecule has 1 aliphatic heterocycles. The lowest BCUT2D eigenvalue weighted by atomic mass is 10.1. The Morgan fingerprint density at radius 3 is 2.80 bits per heavy atom. The molecule has 0 fully saturated rings. The van der Waals surface area contributed by atoms with Crippen molar-refractivity contribution in [1.29, 1.82) is 0 Å². The van der Waals surface area contributed by atoms with Crippen LogP contribution in [0.1, 0.15) is 46.2 Å². The van der Waals surface area contributed by atoms with E-state index in [0.717, 1.165) is 37.5 Å². The normalized spacial score (nSPS) is 14.3. The third-order valence-electron chi connectivity index (χ3n) is 3.82. The molecule has 2 aromatic rings. The Labute approximate surface area is 116 Å². The maximum absolute atomic E-state index is 11.2. The highest BCUT2D eigenvalue weighted by molar-refractivity contribution is 5.90. The highest BCUT2D eigenvalue weighted by atomic mass is 16.4. The summed E-state index contributed by atoms with van der Waals surface area (Å²) in [6.45, 7) is 4.89. The third-order valence-corrected chi connectivity index (χ3v) is 3.82. The Morgan fingerprint density at radius 1 is 1.30 bits per heavy atom. The second-order valence-electron chi connectivity index (χ2n) is 5.15. The molecule has 0 spiro atoms. The van der Waals surface area contributed by atoms with Gasteiger partial charge in [-0.15, -0.1) is 10.2 Å². The monoisotopic (exact) mass is 275 g/mol. The van der Waals surface area contributed by atoms with Gasteiger partial charge >= 0.3 is 5.97 Å². The minimum absolute atomic E-state index is 0.281. The Morgan fingerprint density at radius 2 is 2.10 bits per heavy atom. The van der Waals surface area contributed by atoms with E-state index in [1.807, 2.05) is 0 Å². The fourth-order valence-corrected chi connectivity index (χ4v) is 2.78. The van der Waals surface area contributed by atoms with Crippen LogP contribution in [-0.2, 0) is 19.5 Å². The summed E-state index contributed by atoms with van der Waals surface area (Å²) in [7, 11) is 0. The highest BCUT2D eigenvalue weighted by Gasteiger charge is 2.20. The summed E-state index contributed by atoms with van der Waals surface area (Å²) in [6.07, 6.45) is 3.25. The van der Waals surface area contributed by atoms with Gasteiger partial charge in [0, 0.05) is 13.0 Å². The number of aromatic nitrogens is 5. The lowest BCUT2D eigenvalue weighted by molar-refractivity contribution is 0.0695. The molecule has 0 bridgehead atoms. The van der Waals surface area contributed by atoms with E-state index in [-0.39, 0.29) is 5.56 Å². The molecular formula is C13H17N5O2. The molecule has 0 saturated heterocycles. The van der Waals surface area contributed by atoms with Gasteiger partial charge in [0.15, 0.2) is 5.82 Å². The van der Waals surface area contributed by atoms with E-state index in [4.69, 9.17) is 0 Å². The van der Waals surface area contributed by atoms with E-state index in [0.29, 0.717) is 17.9 Å². The minimum atomic E-state index is -0.936. The summed E-state index contributed by atoms with van der Waals surface area (Å²) in [5, 5.41) is 21.9. The molecule has 106 valence electrons. The van der Waals surface area contributed by atoms with Gasteiger partial charge < -0.3 is 9.67 Å². The van der Waals surface area contributed by atoms with Crippen molar-refractivity contribution in [2.45, 2.75) is 46.2 Å². The summed E-state index contributed by atoms with van der Waals surface area (Å²) < 4.78 is 3.82. The number of carbonyl (C=O) groups is 1. The number of carboxylic acid groups (broad SMARTS) is 1.